The lowest BCUT2D eigenvalue weighted by Crippen LogP contribution is -2.47. The van der Waals surface area contributed by atoms with Crippen molar-refractivity contribution in [1.29, 1.82) is 0 Å². The van der Waals surface area contributed by atoms with Gasteiger partial charge in [0.2, 0.25) is 0 Å². The molecule has 1 heterocycles. The number of nitrogens with zero attached hydrogens (tertiary/aromatic N) is 2. The van der Waals surface area contributed by atoms with E-state index in [1.165, 1.54) is 0 Å². The molecule has 0 radical (unpaired) electrons. The first-order valence-corrected chi connectivity index (χ1v) is 8.07. The Balaban J connectivity index is 2.09. The Morgan fingerprint density at radius 1 is 1.21 bits per heavy atom. The molecule has 2 N–H and O–H groups in total. The fourth-order valence-corrected chi connectivity index (χ4v) is 2.48. The van der Waals surface area contributed by atoms with E-state index in [1.807, 2.05) is 49.4 Å². The van der Waals surface area contributed by atoms with E-state index in [2.05, 4.69) is 10.3 Å². The molecule has 0 aliphatic heterocycles. The van der Waals surface area contributed by atoms with Crippen molar-refractivity contribution in [2.24, 2.45) is 0 Å². The molecule has 0 saturated heterocycles. The zero-order valence-corrected chi connectivity index (χ0v) is 14.4. The summed E-state index contributed by atoms with van der Waals surface area (Å²) >= 11 is 0. The second kappa shape index (κ2) is 7.93. The van der Waals surface area contributed by atoms with Gasteiger partial charge < -0.3 is 15.3 Å². The van der Waals surface area contributed by atoms with Crippen LogP contribution in [0.25, 0.3) is 0 Å². The first kappa shape index (κ1) is 17.9. The standard InChI is InChI=1S/C19H25N3O2/c1-15(17-9-11-20-12-10-17)21-18(23)22(14-19(2,3)24)13-16-7-5-4-6-8-16/h4-12,15,24H,13-14H2,1-3H3,(H,21,23). The van der Waals surface area contributed by atoms with Gasteiger partial charge in [-0.2, -0.15) is 0 Å². The SMILES string of the molecule is CC(NC(=O)N(Cc1ccccc1)CC(C)(C)O)c1ccncc1. The Kier molecular flexibility index (Phi) is 5.93. The minimum atomic E-state index is -0.966. The van der Waals surface area contributed by atoms with Crippen LogP contribution in [0.3, 0.4) is 0 Å². The highest BCUT2D eigenvalue weighted by atomic mass is 16.3. The highest BCUT2D eigenvalue weighted by Crippen LogP contribution is 2.14. The summed E-state index contributed by atoms with van der Waals surface area (Å²) in [6.07, 6.45) is 3.41. The van der Waals surface area contributed by atoms with Crippen LogP contribution in [-0.4, -0.2) is 33.2 Å². The number of urea groups is 1. The predicted molar refractivity (Wildman–Crippen MR) is 94.3 cm³/mol. The maximum atomic E-state index is 12.7. The van der Waals surface area contributed by atoms with E-state index >= 15 is 0 Å². The van der Waals surface area contributed by atoms with Gasteiger partial charge in [0.25, 0.3) is 0 Å². The van der Waals surface area contributed by atoms with Gasteiger partial charge in [0.15, 0.2) is 0 Å². The van der Waals surface area contributed by atoms with Gasteiger partial charge in [0, 0.05) is 18.9 Å². The number of nitrogens with one attached hydrogen (secondary N) is 1. The molecule has 5 heteroatoms. The molecule has 0 bridgehead atoms. The third kappa shape index (κ3) is 5.66. The van der Waals surface area contributed by atoms with E-state index in [0.29, 0.717) is 6.54 Å². The van der Waals surface area contributed by atoms with Gasteiger partial charge in [-0.25, -0.2) is 4.79 Å². The fraction of sp³-hybridized carbons (Fsp3) is 0.368. The molecule has 0 aliphatic carbocycles. The number of rotatable bonds is 6. The number of hydrogen-bond donors (Lipinski definition) is 2. The maximum Gasteiger partial charge on any atom is 0.318 e. The third-order valence-corrected chi connectivity index (χ3v) is 3.63. The quantitative estimate of drug-likeness (QED) is 0.857. The Hall–Kier alpha value is -2.40. The molecule has 0 saturated carbocycles. The van der Waals surface area contributed by atoms with Crippen LogP contribution in [0.5, 0.6) is 0 Å². The lowest BCUT2D eigenvalue weighted by Gasteiger charge is -2.30. The molecule has 24 heavy (non-hydrogen) atoms. The fourth-order valence-electron chi connectivity index (χ4n) is 2.48. The number of aromatic nitrogens is 1. The van der Waals surface area contributed by atoms with E-state index in [9.17, 15) is 9.90 Å². The number of benzene rings is 1. The molecular formula is C19H25N3O2. The van der Waals surface area contributed by atoms with Crippen molar-refractivity contribution >= 4 is 6.03 Å². The van der Waals surface area contributed by atoms with Crippen LogP contribution in [0.2, 0.25) is 0 Å². The Bertz CT molecular complexity index is 639. The van der Waals surface area contributed by atoms with Crippen molar-refractivity contribution in [3.63, 3.8) is 0 Å². The zero-order chi connectivity index (χ0) is 17.6. The highest BCUT2D eigenvalue weighted by Gasteiger charge is 2.23. The van der Waals surface area contributed by atoms with Crippen molar-refractivity contribution < 1.29 is 9.90 Å². The molecule has 0 fully saturated rings. The zero-order valence-electron chi connectivity index (χ0n) is 14.4. The molecule has 0 aliphatic rings. The summed E-state index contributed by atoms with van der Waals surface area (Å²) < 4.78 is 0. The summed E-state index contributed by atoms with van der Waals surface area (Å²) in [6, 6.07) is 13.2. The van der Waals surface area contributed by atoms with Gasteiger partial charge in [-0.05, 0) is 44.0 Å². The van der Waals surface area contributed by atoms with Gasteiger partial charge >= 0.3 is 6.03 Å². The molecule has 0 spiro atoms. The molecule has 2 aromatic rings. The smallest absolute Gasteiger partial charge is 0.318 e. The van der Waals surface area contributed by atoms with Gasteiger partial charge in [0.1, 0.15) is 0 Å². The highest BCUT2D eigenvalue weighted by molar-refractivity contribution is 5.74. The summed E-state index contributed by atoms with van der Waals surface area (Å²) in [5.74, 6) is 0. The van der Waals surface area contributed by atoms with E-state index in [0.717, 1.165) is 11.1 Å². The van der Waals surface area contributed by atoms with Crippen molar-refractivity contribution in [3.8, 4) is 0 Å². The normalized spacial score (nSPS) is 12.5. The van der Waals surface area contributed by atoms with Gasteiger partial charge in [0.05, 0.1) is 18.2 Å². The van der Waals surface area contributed by atoms with E-state index < -0.39 is 5.60 Å². The number of aliphatic hydroxyl groups is 1. The first-order valence-electron chi connectivity index (χ1n) is 8.07. The minimum Gasteiger partial charge on any atom is -0.389 e. The largest absolute Gasteiger partial charge is 0.389 e. The summed E-state index contributed by atoms with van der Waals surface area (Å²) in [5, 5.41) is 13.1. The number of hydrogen-bond acceptors (Lipinski definition) is 3. The second-order valence-electron chi connectivity index (χ2n) is 6.61. The van der Waals surface area contributed by atoms with Crippen LogP contribution in [0.1, 0.15) is 37.9 Å². The van der Waals surface area contributed by atoms with Crippen LogP contribution in [0.15, 0.2) is 54.9 Å². The molecule has 5 nitrogen and oxygen atoms in total. The first-order chi connectivity index (χ1) is 11.3. The van der Waals surface area contributed by atoms with Gasteiger partial charge in [-0.15, -0.1) is 0 Å². The van der Waals surface area contributed by atoms with E-state index in [4.69, 9.17) is 0 Å². The van der Waals surface area contributed by atoms with Crippen molar-refractivity contribution in [3.05, 3.63) is 66.0 Å². The van der Waals surface area contributed by atoms with Crippen LogP contribution in [-0.2, 0) is 6.54 Å². The molecule has 2 amide bonds. The van der Waals surface area contributed by atoms with Crippen LogP contribution >= 0.6 is 0 Å². The van der Waals surface area contributed by atoms with E-state index in [1.54, 1.807) is 31.1 Å². The summed E-state index contributed by atoms with van der Waals surface area (Å²) in [6.45, 7) is 6.02. The van der Waals surface area contributed by atoms with Crippen LogP contribution in [0.4, 0.5) is 4.79 Å². The molecule has 2 rings (SSSR count). The number of carbonyl (C=O) groups is 1. The lowest BCUT2D eigenvalue weighted by molar-refractivity contribution is 0.0443. The molecular weight excluding hydrogens is 302 g/mol. The average Bonchev–Trinajstić information content (AvgIpc) is 2.54. The summed E-state index contributed by atoms with van der Waals surface area (Å²) in [5.41, 5.74) is 1.04. The molecule has 128 valence electrons. The van der Waals surface area contributed by atoms with E-state index in [-0.39, 0.29) is 18.6 Å². The van der Waals surface area contributed by atoms with Crippen molar-refractivity contribution in [1.82, 2.24) is 15.2 Å². The third-order valence-electron chi connectivity index (χ3n) is 3.63. The predicted octanol–water partition coefficient (Wildman–Crippen LogP) is 3.13. The Morgan fingerprint density at radius 2 is 1.83 bits per heavy atom. The van der Waals surface area contributed by atoms with Crippen LogP contribution < -0.4 is 5.32 Å². The molecule has 1 atom stereocenters. The molecule has 1 unspecified atom stereocenters. The molecule has 1 aromatic carbocycles. The number of carbonyl (C=O) groups excluding carboxylic acids is 1. The molecule has 1 aromatic heterocycles. The topological polar surface area (TPSA) is 65.5 Å². The van der Waals surface area contributed by atoms with Gasteiger partial charge in [-0.3, -0.25) is 4.98 Å². The minimum absolute atomic E-state index is 0.138. The van der Waals surface area contributed by atoms with Crippen molar-refractivity contribution in [2.45, 2.75) is 39.0 Å². The number of amides is 2. The summed E-state index contributed by atoms with van der Waals surface area (Å²) in [7, 11) is 0. The van der Waals surface area contributed by atoms with Crippen molar-refractivity contribution in [2.75, 3.05) is 6.54 Å². The Morgan fingerprint density at radius 3 is 2.42 bits per heavy atom. The van der Waals surface area contributed by atoms with Gasteiger partial charge in [-0.1, -0.05) is 30.3 Å². The maximum absolute atomic E-state index is 12.7. The lowest BCUT2D eigenvalue weighted by atomic mass is 10.1. The Labute approximate surface area is 143 Å². The monoisotopic (exact) mass is 327 g/mol. The summed E-state index contributed by atoms with van der Waals surface area (Å²) in [4.78, 5) is 18.3. The number of pyridine rings is 1. The average molecular weight is 327 g/mol. The second-order valence-corrected chi connectivity index (χ2v) is 6.61. The van der Waals surface area contributed by atoms with Crippen LogP contribution in [0, 0.1) is 0 Å².